The number of hydrogen-bond acceptors (Lipinski definition) is 3. The number of benzene rings is 1. The fourth-order valence-corrected chi connectivity index (χ4v) is 4.40. The predicted octanol–water partition coefficient (Wildman–Crippen LogP) is 2.93. The predicted molar refractivity (Wildman–Crippen MR) is 115 cm³/mol. The van der Waals surface area contributed by atoms with Gasteiger partial charge in [0.25, 0.3) is 0 Å². The van der Waals surface area contributed by atoms with E-state index in [0.717, 1.165) is 30.9 Å². The van der Waals surface area contributed by atoms with Crippen molar-refractivity contribution < 1.29 is 9.59 Å². The van der Waals surface area contributed by atoms with Crippen molar-refractivity contribution in [3.63, 3.8) is 0 Å². The Hall–Kier alpha value is -2.08. The van der Waals surface area contributed by atoms with Gasteiger partial charge in [0, 0.05) is 52.7 Å². The van der Waals surface area contributed by atoms with E-state index in [9.17, 15) is 9.59 Å². The molecule has 2 fully saturated rings. The van der Waals surface area contributed by atoms with Crippen LogP contribution >= 0.6 is 0 Å². The molecule has 0 saturated carbocycles. The molecule has 1 atom stereocenters. The third-order valence-corrected chi connectivity index (χ3v) is 6.16. The average molecular weight is 401 g/mol. The summed E-state index contributed by atoms with van der Waals surface area (Å²) >= 11 is 0. The molecule has 1 N–H and O–H groups in total. The Morgan fingerprint density at radius 1 is 1.03 bits per heavy atom. The summed E-state index contributed by atoms with van der Waals surface area (Å²) in [5.74, 6) is 0.904. The van der Waals surface area contributed by atoms with Gasteiger partial charge in [-0.1, -0.05) is 31.2 Å². The lowest BCUT2D eigenvalue weighted by molar-refractivity contribution is -0.126. The minimum absolute atomic E-state index is 0.00146. The minimum Gasteiger partial charge on any atom is -0.352 e. The Bertz CT molecular complexity index is 681. The first kappa shape index (κ1) is 21.6. The molecule has 0 bridgehead atoms. The first-order valence-corrected chi connectivity index (χ1v) is 11.0. The lowest BCUT2D eigenvalue weighted by Gasteiger charge is -2.33. The molecule has 1 unspecified atom stereocenters. The number of amides is 3. The summed E-state index contributed by atoms with van der Waals surface area (Å²) in [6.45, 7) is 7.61. The van der Waals surface area contributed by atoms with Crippen LogP contribution in [0, 0.1) is 11.8 Å². The van der Waals surface area contributed by atoms with Crippen molar-refractivity contribution in [3.8, 4) is 0 Å². The van der Waals surface area contributed by atoms with Crippen LogP contribution in [0.1, 0.15) is 43.7 Å². The van der Waals surface area contributed by atoms with E-state index in [1.165, 1.54) is 31.5 Å². The SMILES string of the molecule is CC1CCCN(Cc2ccc(CNC(=O)C3CCN(C(=O)N(C)C)CC3)cc2)C1. The van der Waals surface area contributed by atoms with Gasteiger partial charge in [-0.05, 0) is 49.3 Å². The van der Waals surface area contributed by atoms with E-state index in [0.29, 0.717) is 19.6 Å². The third kappa shape index (κ3) is 6.20. The Kier molecular flexibility index (Phi) is 7.53. The Labute approximate surface area is 175 Å². The van der Waals surface area contributed by atoms with Gasteiger partial charge in [0.1, 0.15) is 0 Å². The molecule has 0 spiro atoms. The molecule has 6 nitrogen and oxygen atoms in total. The first-order valence-electron chi connectivity index (χ1n) is 11.0. The highest BCUT2D eigenvalue weighted by molar-refractivity contribution is 5.79. The first-order chi connectivity index (χ1) is 13.9. The maximum atomic E-state index is 12.5. The Morgan fingerprint density at radius 3 is 2.31 bits per heavy atom. The number of nitrogens with zero attached hydrogens (tertiary/aromatic N) is 3. The van der Waals surface area contributed by atoms with E-state index >= 15 is 0 Å². The number of rotatable bonds is 5. The molecule has 2 heterocycles. The van der Waals surface area contributed by atoms with Crippen LogP contribution in [0.5, 0.6) is 0 Å². The topological polar surface area (TPSA) is 55.9 Å². The highest BCUT2D eigenvalue weighted by Crippen LogP contribution is 2.19. The quantitative estimate of drug-likeness (QED) is 0.827. The molecule has 2 aliphatic heterocycles. The molecule has 1 aromatic carbocycles. The van der Waals surface area contributed by atoms with Crippen LogP contribution in [0.3, 0.4) is 0 Å². The number of piperidine rings is 2. The van der Waals surface area contributed by atoms with Crippen molar-refractivity contribution in [1.29, 1.82) is 0 Å². The normalized spacial score (nSPS) is 21.1. The Morgan fingerprint density at radius 2 is 1.69 bits per heavy atom. The van der Waals surface area contributed by atoms with Gasteiger partial charge in [-0.25, -0.2) is 4.79 Å². The second kappa shape index (κ2) is 10.1. The molecule has 2 saturated heterocycles. The molecule has 0 radical (unpaired) electrons. The van der Waals surface area contributed by atoms with Crippen molar-refractivity contribution in [2.45, 2.75) is 45.7 Å². The summed E-state index contributed by atoms with van der Waals surface area (Å²) in [7, 11) is 3.53. The van der Waals surface area contributed by atoms with Crippen molar-refractivity contribution in [2.75, 3.05) is 40.3 Å². The number of carbonyl (C=O) groups excluding carboxylic acids is 2. The molecule has 3 amide bonds. The van der Waals surface area contributed by atoms with Crippen molar-refractivity contribution in [1.82, 2.24) is 20.0 Å². The van der Waals surface area contributed by atoms with Gasteiger partial charge in [0.15, 0.2) is 0 Å². The smallest absolute Gasteiger partial charge is 0.319 e. The van der Waals surface area contributed by atoms with Gasteiger partial charge in [-0.15, -0.1) is 0 Å². The second-order valence-electron chi connectivity index (χ2n) is 8.96. The summed E-state index contributed by atoms with van der Waals surface area (Å²) in [5.41, 5.74) is 2.47. The zero-order valence-electron chi connectivity index (χ0n) is 18.2. The van der Waals surface area contributed by atoms with Crippen molar-refractivity contribution in [3.05, 3.63) is 35.4 Å². The maximum absolute atomic E-state index is 12.5. The van der Waals surface area contributed by atoms with Crippen LogP contribution in [0.25, 0.3) is 0 Å². The van der Waals surface area contributed by atoms with Gasteiger partial charge in [-0.2, -0.15) is 0 Å². The zero-order chi connectivity index (χ0) is 20.8. The van der Waals surface area contributed by atoms with E-state index in [2.05, 4.69) is 41.4 Å². The third-order valence-electron chi connectivity index (χ3n) is 6.16. The van der Waals surface area contributed by atoms with Crippen LogP contribution in [0.4, 0.5) is 4.79 Å². The largest absolute Gasteiger partial charge is 0.352 e. The summed E-state index contributed by atoms with van der Waals surface area (Å²) in [6.07, 6.45) is 4.12. The molecule has 29 heavy (non-hydrogen) atoms. The van der Waals surface area contributed by atoms with E-state index in [1.54, 1.807) is 19.0 Å². The summed E-state index contributed by atoms with van der Waals surface area (Å²) in [5, 5.41) is 3.08. The fourth-order valence-electron chi connectivity index (χ4n) is 4.40. The maximum Gasteiger partial charge on any atom is 0.319 e. The van der Waals surface area contributed by atoms with Crippen molar-refractivity contribution in [2.24, 2.45) is 11.8 Å². The number of likely N-dealkylation sites (tertiary alicyclic amines) is 2. The molecule has 6 heteroatoms. The molecule has 160 valence electrons. The number of urea groups is 1. The lowest BCUT2D eigenvalue weighted by atomic mass is 9.96. The summed E-state index contributed by atoms with van der Waals surface area (Å²) < 4.78 is 0. The molecule has 3 rings (SSSR count). The Balaban J connectivity index is 1.41. The highest BCUT2D eigenvalue weighted by Gasteiger charge is 2.27. The summed E-state index contributed by atoms with van der Waals surface area (Å²) in [4.78, 5) is 30.5. The number of hydrogen-bond donors (Lipinski definition) is 1. The highest BCUT2D eigenvalue weighted by atomic mass is 16.2. The zero-order valence-corrected chi connectivity index (χ0v) is 18.2. The van der Waals surface area contributed by atoms with E-state index in [4.69, 9.17) is 0 Å². The van der Waals surface area contributed by atoms with Gasteiger partial charge in [-0.3, -0.25) is 9.69 Å². The van der Waals surface area contributed by atoms with Gasteiger partial charge in [0.05, 0.1) is 0 Å². The van der Waals surface area contributed by atoms with Gasteiger partial charge in [0.2, 0.25) is 5.91 Å². The van der Waals surface area contributed by atoms with Crippen LogP contribution in [-0.2, 0) is 17.9 Å². The number of carbonyl (C=O) groups is 2. The summed E-state index contributed by atoms with van der Waals surface area (Å²) in [6, 6.07) is 8.66. The average Bonchev–Trinajstić information content (AvgIpc) is 2.72. The van der Waals surface area contributed by atoms with Gasteiger partial charge >= 0.3 is 6.03 Å². The minimum atomic E-state index is 0.00146. The van der Waals surface area contributed by atoms with Crippen LogP contribution < -0.4 is 5.32 Å². The van der Waals surface area contributed by atoms with Crippen molar-refractivity contribution >= 4 is 11.9 Å². The molecule has 2 aliphatic rings. The molecule has 1 aromatic rings. The number of nitrogens with one attached hydrogen (secondary N) is 1. The van der Waals surface area contributed by atoms with E-state index < -0.39 is 0 Å². The van der Waals surface area contributed by atoms with Crippen LogP contribution in [0.15, 0.2) is 24.3 Å². The van der Waals surface area contributed by atoms with Crippen LogP contribution in [-0.4, -0.2) is 66.9 Å². The van der Waals surface area contributed by atoms with E-state index in [1.807, 2.05) is 4.90 Å². The molecule has 0 aromatic heterocycles. The van der Waals surface area contributed by atoms with Crippen LogP contribution in [0.2, 0.25) is 0 Å². The fraction of sp³-hybridized carbons (Fsp3) is 0.652. The second-order valence-corrected chi connectivity index (χ2v) is 8.96. The molecular formula is C23H36N4O2. The lowest BCUT2D eigenvalue weighted by Crippen LogP contribution is -2.46. The standard InChI is InChI=1S/C23H36N4O2/c1-18-5-4-12-26(16-18)17-20-8-6-19(7-9-20)15-24-22(28)21-10-13-27(14-11-21)23(29)25(2)3/h6-9,18,21H,4-5,10-17H2,1-3H3,(H,24,28). The van der Waals surface area contributed by atoms with E-state index in [-0.39, 0.29) is 17.9 Å². The molecule has 0 aliphatic carbocycles. The monoisotopic (exact) mass is 400 g/mol. The molecular weight excluding hydrogens is 364 g/mol. The van der Waals surface area contributed by atoms with Gasteiger partial charge < -0.3 is 15.1 Å².